The second-order valence-corrected chi connectivity index (χ2v) is 7.54. The zero-order chi connectivity index (χ0) is 17.6. The SMILES string of the molecule is CC(=O)Nc1ccc(S(=O)(=O)NCCCc2ccc(Cl)cc2)cc1. The Labute approximate surface area is 147 Å². The molecule has 5 nitrogen and oxygen atoms in total. The lowest BCUT2D eigenvalue weighted by molar-refractivity contribution is -0.114. The average molecular weight is 367 g/mol. The van der Waals surface area contributed by atoms with E-state index >= 15 is 0 Å². The van der Waals surface area contributed by atoms with Gasteiger partial charge in [0, 0.05) is 24.2 Å². The van der Waals surface area contributed by atoms with E-state index in [9.17, 15) is 13.2 Å². The van der Waals surface area contributed by atoms with E-state index in [1.165, 1.54) is 19.1 Å². The van der Waals surface area contributed by atoms with Crippen LogP contribution >= 0.6 is 11.6 Å². The van der Waals surface area contributed by atoms with Crippen LogP contribution in [0, 0.1) is 0 Å². The van der Waals surface area contributed by atoms with Crippen molar-refractivity contribution in [1.82, 2.24) is 4.72 Å². The molecule has 24 heavy (non-hydrogen) atoms. The number of rotatable bonds is 7. The number of sulfonamides is 1. The lowest BCUT2D eigenvalue weighted by atomic mass is 10.1. The molecule has 2 rings (SSSR count). The second kappa shape index (κ2) is 8.28. The molecule has 2 aromatic carbocycles. The van der Waals surface area contributed by atoms with Gasteiger partial charge in [0.05, 0.1) is 4.90 Å². The third kappa shape index (κ3) is 5.63. The molecule has 0 bridgehead atoms. The zero-order valence-corrected chi connectivity index (χ0v) is 14.8. The summed E-state index contributed by atoms with van der Waals surface area (Å²) in [7, 11) is -3.55. The van der Waals surface area contributed by atoms with Gasteiger partial charge in [0.25, 0.3) is 0 Å². The molecule has 0 aromatic heterocycles. The summed E-state index contributed by atoms with van der Waals surface area (Å²) in [6.45, 7) is 1.74. The van der Waals surface area contributed by atoms with Gasteiger partial charge < -0.3 is 5.32 Å². The molecule has 0 heterocycles. The fourth-order valence-electron chi connectivity index (χ4n) is 2.15. The van der Waals surface area contributed by atoms with Crippen molar-refractivity contribution in [2.45, 2.75) is 24.7 Å². The Hall–Kier alpha value is -1.89. The monoisotopic (exact) mass is 366 g/mol. The van der Waals surface area contributed by atoms with Gasteiger partial charge >= 0.3 is 0 Å². The van der Waals surface area contributed by atoms with Crippen molar-refractivity contribution < 1.29 is 13.2 Å². The van der Waals surface area contributed by atoms with Gasteiger partial charge in [0.2, 0.25) is 15.9 Å². The lowest BCUT2D eigenvalue weighted by Gasteiger charge is -2.08. The van der Waals surface area contributed by atoms with Crippen LogP contribution in [0.3, 0.4) is 0 Å². The number of aryl methyl sites for hydroxylation is 1. The first kappa shape index (κ1) is 18.4. The van der Waals surface area contributed by atoms with Gasteiger partial charge in [-0.05, 0) is 54.8 Å². The predicted molar refractivity (Wildman–Crippen MR) is 95.7 cm³/mol. The maximum atomic E-state index is 12.2. The van der Waals surface area contributed by atoms with Gasteiger partial charge in [-0.3, -0.25) is 4.79 Å². The highest BCUT2D eigenvalue weighted by Gasteiger charge is 2.13. The number of carbonyl (C=O) groups excluding carboxylic acids is 1. The first-order chi connectivity index (χ1) is 11.4. The Morgan fingerprint density at radius 3 is 2.25 bits per heavy atom. The number of nitrogens with one attached hydrogen (secondary N) is 2. The van der Waals surface area contributed by atoms with Crippen LogP contribution in [0.25, 0.3) is 0 Å². The maximum absolute atomic E-state index is 12.2. The van der Waals surface area contributed by atoms with Crippen molar-refractivity contribution in [3.8, 4) is 0 Å². The van der Waals surface area contributed by atoms with Crippen molar-refractivity contribution in [2.24, 2.45) is 0 Å². The van der Waals surface area contributed by atoms with Crippen LogP contribution in [0.2, 0.25) is 5.02 Å². The molecule has 128 valence electrons. The number of carbonyl (C=O) groups is 1. The Bertz CT molecular complexity index is 788. The summed E-state index contributed by atoms with van der Waals surface area (Å²) in [4.78, 5) is 11.1. The standard InChI is InChI=1S/C17H19ClN2O3S/c1-13(21)20-16-8-10-17(11-9-16)24(22,23)19-12-2-3-14-4-6-15(18)7-5-14/h4-11,19H,2-3,12H2,1H3,(H,20,21). The Balaban J connectivity index is 1.86. The molecule has 0 spiro atoms. The van der Waals surface area contributed by atoms with E-state index in [0.717, 1.165) is 12.0 Å². The molecule has 0 radical (unpaired) electrons. The zero-order valence-electron chi connectivity index (χ0n) is 13.3. The lowest BCUT2D eigenvalue weighted by Crippen LogP contribution is -2.25. The summed E-state index contributed by atoms with van der Waals surface area (Å²) >= 11 is 5.82. The second-order valence-electron chi connectivity index (χ2n) is 5.33. The van der Waals surface area contributed by atoms with Crippen LogP contribution in [0.5, 0.6) is 0 Å². The van der Waals surface area contributed by atoms with Gasteiger partial charge in [-0.1, -0.05) is 23.7 Å². The van der Waals surface area contributed by atoms with E-state index in [-0.39, 0.29) is 10.8 Å². The van der Waals surface area contributed by atoms with Crippen molar-refractivity contribution in [3.05, 3.63) is 59.1 Å². The van der Waals surface area contributed by atoms with E-state index in [1.54, 1.807) is 12.1 Å². The third-order valence-electron chi connectivity index (χ3n) is 3.33. The van der Waals surface area contributed by atoms with Crippen molar-refractivity contribution in [3.63, 3.8) is 0 Å². The topological polar surface area (TPSA) is 75.3 Å². The number of anilines is 1. The molecule has 0 aliphatic carbocycles. The summed E-state index contributed by atoms with van der Waals surface area (Å²) in [5, 5.41) is 3.28. The maximum Gasteiger partial charge on any atom is 0.240 e. The van der Waals surface area contributed by atoms with Gasteiger partial charge in [-0.15, -0.1) is 0 Å². The summed E-state index contributed by atoms with van der Waals surface area (Å²) in [5.74, 6) is -0.203. The number of hydrogen-bond acceptors (Lipinski definition) is 3. The molecule has 0 fully saturated rings. The Morgan fingerprint density at radius 1 is 1.04 bits per heavy atom. The van der Waals surface area contributed by atoms with E-state index < -0.39 is 10.0 Å². The van der Waals surface area contributed by atoms with E-state index in [1.807, 2.05) is 24.3 Å². The third-order valence-corrected chi connectivity index (χ3v) is 5.06. The van der Waals surface area contributed by atoms with Crippen LogP contribution in [0.1, 0.15) is 18.9 Å². The minimum absolute atomic E-state index is 0.170. The van der Waals surface area contributed by atoms with E-state index in [2.05, 4.69) is 10.0 Å². The predicted octanol–water partition coefficient (Wildman–Crippen LogP) is 3.21. The van der Waals surface area contributed by atoms with Crippen LogP contribution < -0.4 is 10.0 Å². The molecule has 0 saturated heterocycles. The first-order valence-electron chi connectivity index (χ1n) is 7.48. The largest absolute Gasteiger partial charge is 0.326 e. The molecule has 0 saturated carbocycles. The highest BCUT2D eigenvalue weighted by molar-refractivity contribution is 7.89. The molecule has 1 amide bonds. The molecular weight excluding hydrogens is 348 g/mol. The van der Waals surface area contributed by atoms with Gasteiger partial charge in [-0.25, -0.2) is 13.1 Å². The van der Waals surface area contributed by atoms with Crippen molar-refractivity contribution >= 4 is 33.2 Å². The number of hydrogen-bond donors (Lipinski definition) is 2. The molecule has 0 aliphatic heterocycles. The minimum Gasteiger partial charge on any atom is -0.326 e. The number of halogens is 1. The van der Waals surface area contributed by atoms with Crippen molar-refractivity contribution in [2.75, 3.05) is 11.9 Å². The van der Waals surface area contributed by atoms with Gasteiger partial charge in [-0.2, -0.15) is 0 Å². The average Bonchev–Trinajstić information content (AvgIpc) is 2.53. The van der Waals surface area contributed by atoms with Crippen LogP contribution in [0.15, 0.2) is 53.4 Å². The van der Waals surface area contributed by atoms with Crippen molar-refractivity contribution in [1.29, 1.82) is 0 Å². The normalized spacial score (nSPS) is 11.2. The Kier molecular flexibility index (Phi) is 6.36. The summed E-state index contributed by atoms with van der Waals surface area (Å²) in [6, 6.07) is 13.5. The summed E-state index contributed by atoms with van der Waals surface area (Å²) < 4.78 is 27.0. The molecule has 7 heteroatoms. The van der Waals surface area contributed by atoms with Crippen LogP contribution in [-0.2, 0) is 21.2 Å². The molecule has 0 unspecified atom stereocenters. The molecule has 0 aliphatic rings. The molecule has 0 atom stereocenters. The smallest absolute Gasteiger partial charge is 0.240 e. The first-order valence-corrected chi connectivity index (χ1v) is 9.35. The quantitative estimate of drug-likeness (QED) is 0.739. The minimum atomic E-state index is -3.55. The number of benzene rings is 2. The van der Waals surface area contributed by atoms with E-state index in [0.29, 0.717) is 23.7 Å². The Morgan fingerprint density at radius 2 is 1.67 bits per heavy atom. The van der Waals surface area contributed by atoms with Crippen LogP contribution in [0.4, 0.5) is 5.69 Å². The fraction of sp³-hybridized carbons (Fsp3) is 0.235. The number of amides is 1. The highest BCUT2D eigenvalue weighted by atomic mass is 35.5. The van der Waals surface area contributed by atoms with E-state index in [4.69, 9.17) is 11.6 Å². The van der Waals surface area contributed by atoms with Gasteiger partial charge in [0.1, 0.15) is 0 Å². The summed E-state index contributed by atoms with van der Waals surface area (Å²) in [6.07, 6.45) is 1.45. The summed E-state index contributed by atoms with van der Waals surface area (Å²) in [5.41, 5.74) is 1.67. The molecule has 2 aromatic rings. The molecule has 2 N–H and O–H groups in total. The van der Waals surface area contributed by atoms with Crippen LogP contribution in [-0.4, -0.2) is 20.9 Å². The molecular formula is C17H19ClN2O3S. The fourth-order valence-corrected chi connectivity index (χ4v) is 3.35. The highest BCUT2D eigenvalue weighted by Crippen LogP contribution is 2.14. The van der Waals surface area contributed by atoms with Gasteiger partial charge in [0.15, 0.2) is 0 Å².